The second-order valence-corrected chi connectivity index (χ2v) is 8.97. The highest BCUT2D eigenvalue weighted by Crippen LogP contribution is 2.19. The van der Waals surface area contributed by atoms with Crippen LogP contribution in [0, 0.1) is 0 Å². The van der Waals surface area contributed by atoms with Gasteiger partial charge < -0.3 is 5.32 Å². The lowest BCUT2D eigenvalue weighted by molar-refractivity contribution is 0.366. The van der Waals surface area contributed by atoms with E-state index in [-0.39, 0.29) is 16.0 Å². The van der Waals surface area contributed by atoms with E-state index < -0.39 is 10.0 Å². The Bertz CT molecular complexity index is 1140. The van der Waals surface area contributed by atoms with Crippen LogP contribution in [0.1, 0.15) is 26.3 Å². The molecule has 2 aromatic heterocycles. The van der Waals surface area contributed by atoms with Crippen LogP contribution in [0.15, 0.2) is 40.2 Å². The largest absolute Gasteiger partial charge is 0.352 e. The summed E-state index contributed by atoms with van der Waals surface area (Å²) in [5.74, 6) is 0.292. The summed E-state index contributed by atoms with van der Waals surface area (Å²) in [4.78, 5) is 19.6. The van der Waals surface area contributed by atoms with Crippen molar-refractivity contribution in [1.29, 1.82) is 0 Å². The van der Waals surface area contributed by atoms with Gasteiger partial charge in [-0.25, -0.2) is 17.8 Å². The average Bonchev–Trinajstić information content (AvgIpc) is 3.05. The second-order valence-electron chi connectivity index (χ2n) is 7.09. The summed E-state index contributed by atoms with van der Waals surface area (Å²) < 4.78 is 27.8. The molecule has 0 saturated heterocycles. The van der Waals surface area contributed by atoms with Crippen molar-refractivity contribution >= 4 is 27.0 Å². The number of sulfonamides is 1. The van der Waals surface area contributed by atoms with Gasteiger partial charge in [-0.2, -0.15) is 10.1 Å². The third-order valence-electron chi connectivity index (χ3n) is 4.01. The van der Waals surface area contributed by atoms with Crippen LogP contribution in [-0.4, -0.2) is 35.2 Å². The maximum atomic E-state index is 12.3. The van der Waals surface area contributed by atoms with Crippen molar-refractivity contribution in [3.8, 4) is 0 Å². The van der Waals surface area contributed by atoms with Gasteiger partial charge in [-0.1, -0.05) is 12.1 Å². The number of rotatable bonds is 5. The number of aromatic amines is 1. The third-order valence-corrected chi connectivity index (χ3v) is 5.42. The normalized spacial score (nSPS) is 12.4. The molecule has 0 aliphatic rings. The molecule has 0 radical (unpaired) electrons. The molecular weight excluding hydrogens is 368 g/mol. The molecule has 3 N–H and O–H groups in total. The van der Waals surface area contributed by atoms with Gasteiger partial charge in [0.25, 0.3) is 5.56 Å². The Morgan fingerprint density at radius 1 is 1.26 bits per heavy atom. The van der Waals surface area contributed by atoms with Crippen molar-refractivity contribution in [1.82, 2.24) is 24.5 Å². The SMILES string of the molecule is CNS(=O)(=O)c1cccc(CNc2nc3c(cnn3C(C)(C)C)c(=O)[nH]2)c1. The van der Waals surface area contributed by atoms with Crippen molar-refractivity contribution in [3.05, 3.63) is 46.4 Å². The topological polar surface area (TPSA) is 122 Å². The highest BCUT2D eigenvalue weighted by Gasteiger charge is 2.20. The monoisotopic (exact) mass is 390 g/mol. The molecule has 0 spiro atoms. The summed E-state index contributed by atoms with van der Waals surface area (Å²) in [5, 5.41) is 7.72. The molecule has 3 rings (SSSR count). The van der Waals surface area contributed by atoms with Crippen molar-refractivity contribution in [2.45, 2.75) is 37.8 Å². The first kappa shape index (κ1) is 19.1. The minimum atomic E-state index is -3.52. The minimum absolute atomic E-state index is 0.173. The first-order valence-electron chi connectivity index (χ1n) is 8.37. The van der Waals surface area contributed by atoms with E-state index in [0.717, 1.165) is 5.56 Å². The fraction of sp³-hybridized carbons (Fsp3) is 0.353. The maximum absolute atomic E-state index is 12.3. The molecule has 3 aromatic rings. The number of hydrogen-bond acceptors (Lipinski definition) is 6. The molecule has 27 heavy (non-hydrogen) atoms. The minimum Gasteiger partial charge on any atom is -0.352 e. The van der Waals surface area contributed by atoms with E-state index in [9.17, 15) is 13.2 Å². The maximum Gasteiger partial charge on any atom is 0.263 e. The molecule has 10 heteroatoms. The molecule has 1 aromatic carbocycles. The predicted molar refractivity (Wildman–Crippen MR) is 103 cm³/mol. The molecule has 144 valence electrons. The van der Waals surface area contributed by atoms with Crippen molar-refractivity contribution in [2.75, 3.05) is 12.4 Å². The average molecular weight is 390 g/mol. The Kier molecular flexibility index (Phi) is 4.79. The van der Waals surface area contributed by atoms with E-state index >= 15 is 0 Å². The molecule has 0 unspecified atom stereocenters. The summed E-state index contributed by atoms with van der Waals surface area (Å²) in [6.07, 6.45) is 1.50. The Morgan fingerprint density at radius 2 is 2.00 bits per heavy atom. The number of H-pyrrole nitrogens is 1. The molecule has 0 saturated carbocycles. The zero-order chi connectivity index (χ0) is 19.8. The predicted octanol–water partition coefficient (Wildman–Crippen LogP) is 1.39. The Labute approximate surface area is 156 Å². The Morgan fingerprint density at radius 3 is 2.67 bits per heavy atom. The van der Waals surface area contributed by atoms with Crippen LogP contribution in [0.4, 0.5) is 5.95 Å². The van der Waals surface area contributed by atoms with E-state index in [2.05, 4.69) is 25.1 Å². The Hall–Kier alpha value is -2.72. The van der Waals surface area contributed by atoms with Gasteiger partial charge in [-0.3, -0.25) is 9.78 Å². The number of nitrogens with one attached hydrogen (secondary N) is 3. The van der Waals surface area contributed by atoms with Crippen LogP contribution in [0.5, 0.6) is 0 Å². The van der Waals surface area contributed by atoms with Gasteiger partial charge in [0.15, 0.2) is 5.65 Å². The molecule has 0 aliphatic heterocycles. The highest BCUT2D eigenvalue weighted by molar-refractivity contribution is 7.89. The molecular formula is C17H22N6O3S. The molecule has 0 bridgehead atoms. The lowest BCUT2D eigenvalue weighted by atomic mass is 10.1. The van der Waals surface area contributed by atoms with Crippen LogP contribution in [0.3, 0.4) is 0 Å². The lowest BCUT2D eigenvalue weighted by Gasteiger charge is -2.19. The van der Waals surface area contributed by atoms with Gasteiger partial charge in [-0.05, 0) is 45.5 Å². The van der Waals surface area contributed by atoms with Crippen molar-refractivity contribution in [3.63, 3.8) is 0 Å². The van der Waals surface area contributed by atoms with Crippen LogP contribution in [-0.2, 0) is 22.1 Å². The van der Waals surface area contributed by atoms with E-state index in [1.54, 1.807) is 22.9 Å². The second kappa shape index (κ2) is 6.78. The summed E-state index contributed by atoms with van der Waals surface area (Å²) >= 11 is 0. The molecule has 0 fully saturated rings. The van der Waals surface area contributed by atoms with Gasteiger partial charge in [0.05, 0.1) is 16.6 Å². The number of anilines is 1. The van der Waals surface area contributed by atoms with E-state index in [1.165, 1.54) is 19.3 Å². The Balaban J connectivity index is 1.90. The van der Waals surface area contributed by atoms with Crippen LogP contribution in [0.2, 0.25) is 0 Å². The third kappa shape index (κ3) is 3.86. The molecule has 0 atom stereocenters. The summed E-state index contributed by atoms with van der Waals surface area (Å²) in [6.45, 7) is 6.22. The fourth-order valence-electron chi connectivity index (χ4n) is 2.62. The van der Waals surface area contributed by atoms with Crippen LogP contribution >= 0.6 is 0 Å². The molecule has 0 amide bonds. The van der Waals surface area contributed by atoms with Gasteiger partial charge in [-0.15, -0.1) is 0 Å². The first-order chi connectivity index (χ1) is 12.6. The summed E-state index contributed by atoms with van der Waals surface area (Å²) in [6, 6.07) is 6.53. The van der Waals surface area contributed by atoms with E-state index in [4.69, 9.17) is 0 Å². The summed E-state index contributed by atoms with van der Waals surface area (Å²) in [7, 11) is -2.15. The van der Waals surface area contributed by atoms with Crippen LogP contribution < -0.4 is 15.6 Å². The number of hydrogen-bond donors (Lipinski definition) is 3. The van der Waals surface area contributed by atoms with Gasteiger partial charge >= 0.3 is 0 Å². The quantitative estimate of drug-likeness (QED) is 0.605. The standard InChI is InChI=1S/C17H22N6O3S/c1-17(2,3)23-14-13(10-20-23)15(24)22-16(21-14)19-9-11-6-5-7-12(8-11)27(25,26)18-4/h5-8,10,18H,9H2,1-4H3,(H2,19,21,22,24). The van der Waals surface area contributed by atoms with Crippen molar-refractivity contribution in [2.24, 2.45) is 0 Å². The smallest absolute Gasteiger partial charge is 0.263 e. The van der Waals surface area contributed by atoms with Gasteiger partial charge in [0.1, 0.15) is 5.39 Å². The van der Waals surface area contributed by atoms with Crippen molar-refractivity contribution < 1.29 is 8.42 Å². The van der Waals surface area contributed by atoms with E-state index in [0.29, 0.717) is 23.5 Å². The first-order valence-corrected chi connectivity index (χ1v) is 9.85. The van der Waals surface area contributed by atoms with Crippen LogP contribution in [0.25, 0.3) is 11.0 Å². The van der Waals surface area contributed by atoms with Gasteiger partial charge in [0.2, 0.25) is 16.0 Å². The zero-order valence-electron chi connectivity index (χ0n) is 15.6. The summed E-state index contributed by atoms with van der Waals surface area (Å²) in [5.41, 5.74) is 0.610. The number of fused-ring (bicyclic) bond motifs is 1. The van der Waals surface area contributed by atoms with E-state index in [1.807, 2.05) is 20.8 Å². The number of nitrogens with zero attached hydrogens (tertiary/aromatic N) is 3. The number of aromatic nitrogens is 4. The highest BCUT2D eigenvalue weighted by atomic mass is 32.2. The number of benzene rings is 1. The van der Waals surface area contributed by atoms with Gasteiger partial charge in [0, 0.05) is 6.54 Å². The molecule has 0 aliphatic carbocycles. The lowest BCUT2D eigenvalue weighted by Crippen LogP contribution is -2.24. The fourth-order valence-corrected chi connectivity index (χ4v) is 3.42. The molecule has 2 heterocycles. The molecule has 9 nitrogen and oxygen atoms in total. The zero-order valence-corrected chi connectivity index (χ0v) is 16.4.